The van der Waals surface area contributed by atoms with E-state index in [4.69, 9.17) is 9.47 Å². The van der Waals surface area contributed by atoms with E-state index in [-0.39, 0.29) is 29.5 Å². The van der Waals surface area contributed by atoms with E-state index in [1.807, 2.05) is 13.0 Å². The van der Waals surface area contributed by atoms with Gasteiger partial charge in [-0.2, -0.15) is 0 Å². The smallest absolute Gasteiger partial charge is 0.187 e. The molecular formula is C27H42O9. The highest BCUT2D eigenvalue weighted by atomic mass is 16.7. The normalized spacial score (nSPS) is 53.8. The second-order valence-electron chi connectivity index (χ2n) is 12.5. The van der Waals surface area contributed by atoms with Crippen molar-refractivity contribution in [3.05, 3.63) is 11.6 Å². The summed E-state index contributed by atoms with van der Waals surface area (Å²) in [4.78, 5) is 12.1. The molecule has 0 spiro atoms. The fourth-order valence-corrected chi connectivity index (χ4v) is 8.83. The van der Waals surface area contributed by atoms with Crippen molar-refractivity contribution < 1.29 is 44.9 Å². The third kappa shape index (κ3) is 3.69. The van der Waals surface area contributed by atoms with Gasteiger partial charge in [-0.15, -0.1) is 0 Å². The van der Waals surface area contributed by atoms with Gasteiger partial charge >= 0.3 is 0 Å². The molecule has 36 heavy (non-hydrogen) atoms. The van der Waals surface area contributed by atoms with Crippen molar-refractivity contribution in [2.75, 3.05) is 6.61 Å². The van der Waals surface area contributed by atoms with E-state index in [1.165, 1.54) is 5.57 Å². The Morgan fingerprint density at radius 3 is 2.50 bits per heavy atom. The van der Waals surface area contributed by atoms with Gasteiger partial charge in [0.15, 0.2) is 12.1 Å². The van der Waals surface area contributed by atoms with Crippen LogP contribution in [0.5, 0.6) is 0 Å². The SMILES string of the molecule is C[C@@H](O[C@@H]1O[C@H](CO)[C@@H](O)[C@H](O)[C@H]1O)[C@@]1(O)C[C@H](O)[C@H]2[C@@H]3CCC4=CC(=O)CC[C@]4(C)[C@H]3CC[C@@]21C. The molecule has 1 aliphatic heterocycles. The molecule has 6 N–H and O–H groups in total. The van der Waals surface area contributed by atoms with Gasteiger partial charge < -0.3 is 40.1 Å². The zero-order chi connectivity index (χ0) is 26.2. The number of aliphatic hydroxyl groups is 6. The van der Waals surface area contributed by atoms with E-state index in [1.54, 1.807) is 6.92 Å². The largest absolute Gasteiger partial charge is 0.394 e. The number of allylic oxidation sites excluding steroid dienone is 1. The lowest BCUT2D eigenvalue weighted by Gasteiger charge is -2.59. The van der Waals surface area contributed by atoms with E-state index in [9.17, 15) is 35.4 Å². The molecule has 4 fully saturated rings. The van der Waals surface area contributed by atoms with Crippen molar-refractivity contribution in [3.63, 3.8) is 0 Å². The number of hydrogen-bond acceptors (Lipinski definition) is 9. The molecule has 5 rings (SSSR count). The number of fused-ring (bicyclic) bond motifs is 5. The van der Waals surface area contributed by atoms with Gasteiger partial charge in [0.05, 0.1) is 24.4 Å². The van der Waals surface area contributed by atoms with Crippen molar-refractivity contribution in [2.45, 2.75) is 114 Å². The summed E-state index contributed by atoms with van der Waals surface area (Å²) in [6.45, 7) is 5.41. The van der Waals surface area contributed by atoms with Gasteiger partial charge in [0.25, 0.3) is 0 Å². The Hall–Kier alpha value is -0.910. The maximum absolute atomic E-state index is 12.1. The molecule has 0 aromatic carbocycles. The minimum absolute atomic E-state index is 0.0585. The minimum Gasteiger partial charge on any atom is -0.394 e. The van der Waals surface area contributed by atoms with E-state index < -0.39 is 60.5 Å². The molecule has 3 saturated carbocycles. The number of ether oxygens (including phenoxy) is 2. The van der Waals surface area contributed by atoms with Gasteiger partial charge in [-0.25, -0.2) is 0 Å². The number of carbonyl (C=O) groups is 1. The highest BCUT2D eigenvalue weighted by Crippen LogP contribution is 2.68. The third-order valence-corrected chi connectivity index (χ3v) is 11.0. The Bertz CT molecular complexity index is 906. The van der Waals surface area contributed by atoms with E-state index in [0.29, 0.717) is 18.8 Å². The molecule has 4 aliphatic carbocycles. The third-order valence-electron chi connectivity index (χ3n) is 11.0. The van der Waals surface area contributed by atoms with Crippen LogP contribution < -0.4 is 0 Å². The second kappa shape index (κ2) is 9.09. The summed E-state index contributed by atoms with van der Waals surface area (Å²) in [5.74, 6) is 0.610. The molecule has 0 bridgehead atoms. The highest BCUT2D eigenvalue weighted by Gasteiger charge is 2.69. The molecule has 0 aromatic heterocycles. The number of aliphatic hydroxyl groups excluding tert-OH is 5. The number of hydrogen-bond donors (Lipinski definition) is 6. The molecule has 9 heteroatoms. The maximum atomic E-state index is 12.1. The molecular weight excluding hydrogens is 468 g/mol. The quantitative estimate of drug-likeness (QED) is 0.315. The molecule has 204 valence electrons. The summed E-state index contributed by atoms with van der Waals surface area (Å²) >= 11 is 0. The Kier molecular flexibility index (Phi) is 6.74. The molecule has 0 aromatic rings. The predicted octanol–water partition coefficient (Wildman–Crippen LogP) is 0.425. The van der Waals surface area contributed by atoms with Crippen LogP contribution >= 0.6 is 0 Å². The van der Waals surface area contributed by atoms with Crippen LogP contribution in [0.2, 0.25) is 0 Å². The first kappa shape index (κ1) is 26.7. The lowest BCUT2D eigenvalue weighted by molar-refractivity contribution is -0.328. The molecule has 5 aliphatic rings. The molecule has 1 saturated heterocycles. The van der Waals surface area contributed by atoms with Gasteiger partial charge in [-0.3, -0.25) is 4.79 Å². The van der Waals surface area contributed by atoms with Crippen LogP contribution in [0.1, 0.15) is 65.7 Å². The number of rotatable bonds is 4. The van der Waals surface area contributed by atoms with Crippen LogP contribution in [-0.4, -0.2) is 91.5 Å². The molecule has 0 unspecified atom stereocenters. The summed E-state index contributed by atoms with van der Waals surface area (Å²) in [6, 6.07) is 0. The lowest BCUT2D eigenvalue weighted by Crippen LogP contribution is -2.63. The molecule has 0 amide bonds. The van der Waals surface area contributed by atoms with Crippen LogP contribution in [0.25, 0.3) is 0 Å². The van der Waals surface area contributed by atoms with Crippen molar-refractivity contribution in [3.8, 4) is 0 Å². The van der Waals surface area contributed by atoms with Crippen LogP contribution in [0.3, 0.4) is 0 Å². The molecule has 9 nitrogen and oxygen atoms in total. The predicted molar refractivity (Wildman–Crippen MR) is 127 cm³/mol. The Balaban J connectivity index is 1.39. The van der Waals surface area contributed by atoms with E-state index >= 15 is 0 Å². The maximum Gasteiger partial charge on any atom is 0.187 e. The minimum atomic E-state index is -1.57. The fraction of sp³-hybridized carbons (Fsp3) is 0.889. The van der Waals surface area contributed by atoms with Gasteiger partial charge in [-0.1, -0.05) is 19.4 Å². The molecule has 0 radical (unpaired) electrons. The van der Waals surface area contributed by atoms with Gasteiger partial charge in [0, 0.05) is 18.3 Å². The van der Waals surface area contributed by atoms with Crippen molar-refractivity contribution in [1.29, 1.82) is 0 Å². The summed E-state index contributed by atoms with van der Waals surface area (Å²) in [5, 5.41) is 63.7. The average Bonchev–Trinajstić information content (AvgIpc) is 3.05. The number of carbonyl (C=O) groups excluding carboxylic acids is 1. The van der Waals surface area contributed by atoms with Crippen molar-refractivity contribution in [1.82, 2.24) is 0 Å². The zero-order valence-corrected chi connectivity index (χ0v) is 21.4. The van der Waals surface area contributed by atoms with E-state index in [2.05, 4.69) is 6.92 Å². The summed E-state index contributed by atoms with van der Waals surface area (Å²) in [6.07, 6.45) is -2.03. The fourth-order valence-electron chi connectivity index (χ4n) is 8.83. The monoisotopic (exact) mass is 510 g/mol. The Morgan fingerprint density at radius 2 is 1.81 bits per heavy atom. The Labute approximate surface area is 212 Å². The van der Waals surface area contributed by atoms with Crippen LogP contribution in [-0.2, 0) is 14.3 Å². The number of ketones is 1. The first-order chi connectivity index (χ1) is 16.9. The highest BCUT2D eigenvalue weighted by molar-refractivity contribution is 5.91. The van der Waals surface area contributed by atoms with Crippen LogP contribution in [0.4, 0.5) is 0 Å². The van der Waals surface area contributed by atoms with Gasteiger partial charge in [0.1, 0.15) is 24.4 Å². The van der Waals surface area contributed by atoms with Gasteiger partial charge in [0.2, 0.25) is 0 Å². The Morgan fingerprint density at radius 1 is 1.08 bits per heavy atom. The first-order valence-electron chi connectivity index (χ1n) is 13.5. The zero-order valence-electron chi connectivity index (χ0n) is 21.4. The summed E-state index contributed by atoms with van der Waals surface area (Å²) in [7, 11) is 0. The molecule has 13 atom stereocenters. The van der Waals surface area contributed by atoms with Crippen LogP contribution in [0.15, 0.2) is 11.6 Å². The van der Waals surface area contributed by atoms with Crippen molar-refractivity contribution >= 4 is 5.78 Å². The van der Waals surface area contributed by atoms with Gasteiger partial charge in [-0.05, 0) is 68.3 Å². The lowest BCUT2D eigenvalue weighted by atomic mass is 9.46. The summed E-state index contributed by atoms with van der Waals surface area (Å²) in [5.41, 5.74) is -0.883. The standard InChI is InChI=1S/C27H42O9/c1-13(35-24-23(33)22(32)21(31)19(12-28)36-24)27(34)11-18(30)20-16-5-4-14-10-15(29)6-8-25(14,2)17(16)7-9-26(20,27)3/h10,13,16-24,28,30-34H,4-9,11-12H2,1-3H3/t13-,16-,17+,18+,19-,20-,21-,22+,23-,24-,25+,26+,27+/m1/s1. The van der Waals surface area contributed by atoms with Crippen LogP contribution in [0, 0.1) is 28.6 Å². The van der Waals surface area contributed by atoms with E-state index in [0.717, 1.165) is 25.7 Å². The topological polar surface area (TPSA) is 157 Å². The summed E-state index contributed by atoms with van der Waals surface area (Å²) < 4.78 is 11.5. The second-order valence-corrected chi connectivity index (χ2v) is 12.5. The average molecular weight is 511 g/mol. The first-order valence-corrected chi connectivity index (χ1v) is 13.5. The molecule has 1 heterocycles. The van der Waals surface area contributed by atoms with Crippen molar-refractivity contribution in [2.24, 2.45) is 28.6 Å².